The van der Waals surface area contributed by atoms with Gasteiger partial charge in [-0.2, -0.15) is 5.10 Å². The van der Waals surface area contributed by atoms with Crippen molar-refractivity contribution in [2.45, 2.75) is 13.6 Å². The molecule has 0 spiro atoms. The summed E-state index contributed by atoms with van der Waals surface area (Å²) >= 11 is 12.7. The van der Waals surface area contributed by atoms with Crippen molar-refractivity contribution in [2.24, 2.45) is 0 Å². The van der Waals surface area contributed by atoms with Gasteiger partial charge in [0.1, 0.15) is 10.7 Å². The second kappa shape index (κ2) is 7.14. The van der Waals surface area contributed by atoms with Gasteiger partial charge in [0.25, 0.3) is 5.69 Å². The van der Waals surface area contributed by atoms with Gasteiger partial charge in [-0.05, 0) is 31.3 Å². The van der Waals surface area contributed by atoms with Crippen LogP contribution in [0.15, 0.2) is 18.2 Å². The van der Waals surface area contributed by atoms with E-state index in [1.807, 2.05) is 16.5 Å². The number of nitro benzene ring substituents is 1. The van der Waals surface area contributed by atoms with Gasteiger partial charge in [0.15, 0.2) is 3.95 Å². The summed E-state index contributed by atoms with van der Waals surface area (Å²) in [6.45, 7) is 5.59. The fourth-order valence-corrected chi connectivity index (χ4v) is 3.95. The molecule has 1 aromatic carbocycles. The topological polar surface area (TPSA) is 67.4 Å². The minimum Gasteiger partial charge on any atom is -0.363 e. The van der Waals surface area contributed by atoms with Crippen LogP contribution >= 0.6 is 35.2 Å². The summed E-state index contributed by atoms with van der Waals surface area (Å²) in [4.78, 5) is 15.1. The first-order valence-corrected chi connectivity index (χ1v) is 9.00. The van der Waals surface area contributed by atoms with E-state index in [0.717, 1.165) is 22.1 Å². The van der Waals surface area contributed by atoms with E-state index < -0.39 is 0 Å². The Morgan fingerprint density at radius 2 is 2.08 bits per heavy atom. The molecular weight excluding hydrogens is 370 g/mol. The lowest BCUT2D eigenvalue weighted by Crippen LogP contribution is -2.47. The van der Waals surface area contributed by atoms with Crippen LogP contribution in [0.4, 0.5) is 11.4 Å². The fourth-order valence-electron chi connectivity index (χ4n) is 2.73. The van der Waals surface area contributed by atoms with Crippen molar-refractivity contribution in [2.75, 3.05) is 31.1 Å². The van der Waals surface area contributed by atoms with E-state index >= 15 is 0 Å². The summed E-state index contributed by atoms with van der Waals surface area (Å²) < 4.78 is 2.60. The molecule has 24 heavy (non-hydrogen) atoms. The standard InChI is InChI=1S/C14H16ClN5O2S2/c1-10-16-19(14(23)24-10)9-17-4-6-18(7-5-17)12-3-2-11(15)8-13(12)20(21)22/h2-3,8H,4-7,9H2,1H3. The van der Waals surface area contributed by atoms with Crippen molar-refractivity contribution >= 4 is 46.5 Å². The first kappa shape index (κ1) is 17.3. The highest BCUT2D eigenvalue weighted by molar-refractivity contribution is 7.73. The number of aromatic nitrogens is 2. The molecule has 0 unspecified atom stereocenters. The lowest BCUT2D eigenvalue weighted by atomic mass is 10.2. The summed E-state index contributed by atoms with van der Waals surface area (Å²) in [5.74, 6) is 0. The van der Waals surface area contributed by atoms with E-state index in [9.17, 15) is 10.1 Å². The molecule has 10 heteroatoms. The highest BCUT2D eigenvalue weighted by atomic mass is 35.5. The van der Waals surface area contributed by atoms with Crippen LogP contribution in [-0.2, 0) is 6.67 Å². The molecule has 7 nitrogen and oxygen atoms in total. The first-order chi connectivity index (χ1) is 11.4. The number of anilines is 1. The zero-order valence-corrected chi connectivity index (χ0v) is 15.4. The minimum absolute atomic E-state index is 0.0493. The van der Waals surface area contributed by atoms with Crippen LogP contribution in [0, 0.1) is 21.0 Å². The molecule has 1 aliphatic rings. The maximum atomic E-state index is 11.2. The lowest BCUT2D eigenvalue weighted by molar-refractivity contribution is -0.384. The normalized spacial score (nSPS) is 15.7. The molecule has 128 valence electrons. The minimum atomic E-state index is -0.384. The maximum absolute atomic E-state index is 11.2. The fraction of sp³-hybridized carbons (Fsp3) is 0.429. The molecule has 0 bridgehead atoms. The average Bonchev–Trinajstić information content (AvgIpc) is 2.85. The van der Waals surface area contributed by atoms with Crippen molar-refractivity contribution in [3.8, 4) is 0 Å². The van der Waals surface area contributed by atoms with Gasteiger partial charge in [-0.25, -0.2) is 4.68 Å². The monoisotopic (exact) mass is 385 g/mol. The number of hydrogen-bond donors (Lipinski definition) is 0. The van der Waals surface area contributed by atoms with E-state index in [4.69, 9.17) is 23.8 Å². The van der Waals surface area contributed by atoms with Crippen LogP contribution in [0.5, 0.6) is 0 Å². The Balaban J connectivity index is 1.68. The Bertz CT molecular complexity index is 814. The second-order valence-corrected chi connectivity index (χ2v) is 7.79. The summed E-state index contributed by atoms with van der Waals surface area (Å²) in [6.07, 6.45) is 0. The SMILES string of the molecule is Cc1nn(CN2CCN(c3ccc(Cl)cc3[N+](=O)[O-])CC2)c(=S)s1. The highest BCUT2D eigenvalue weighted by Gasteiger charge is 2.24. The van der Waals surface area contributed by atoms with Crippen molar-refractivity contribution < 1.29 is 4.92 Å². The molecule has 0 amide bonds. The van der Waals surface area contributed by atoms with E-state index in [1.54, 1.807) is 12.1 Å². The molecule has 0 aliphatic carbocycles. The maximum Gasteiger partial charge on any atom is 0.294 e. The van der Waals surface area contributed by atoms with Gasteiger partial charge >= 0.3 is 0 Å². The van der Waals surface area contributed by atoms with Crippen LogP contribution < -0.4 is 4.90 Å². The van der Waals surface area contributed by atoms with Gasteiger partial charge in [0, 0.05) is 37.3 Å². The van der Waals surface area contributed by atoms with Gasteiger partial charge in [0.2, 0.25) is 0 Å². The summed E-state index contributed by atoms with van der Waals surface area (Å²) in [6, 6.07) is 4.81. The highest BCUT2D eigenvalue weighted by Crippen LogP contribution is 2.31. The molecule has 1 saturated heterocycles. The zero-order chi connectivity index (χ0) is 17.3. The second-order valence-electron chi connectivity index (χ2n) is 5.52. The van der Waals surface area contributed by atoms with Crippen LogP contribution in [0.2, 0.25) is 5.02 Å². The molecule has 0 N–H and O–H groups in total. The number of nitro groups is 1. The van der Waals surface area contributed by atoms with Crippen LogP contribution in [0.3, 0.4) is 0 Å². The molecule has 0 radical (unpaired) electrons. The number of nitrogens with zero attached hydrogens (tertiary/aromatic N) is 5. The van der Waals surface area contributed by atoms with Crippen LogP contribution in [0.1, 0.15) is 5.01 Å². The smallest absolute Gasteiger partial charge is 0.294 e. The number of aryl methyl sites for hydroxylation is 1. The van der Waals surface area contributed by atoms with Gasteiger partial charge in [-0.1, -0.05) is 22.9 Å². The van der Waals surface area contributed by atoms with E-state index in [2.05, 4.69) is 10.00 Å². The van der Waals surface area contributed by atoms with Gasteiger partial charge in [-0.15, -0.1) is 0 Å². The van der Waals surface area contributed by atoms with Gasteiger partial charge < -0.3 is 4.90 Å². The molecule has 1 aromatic heterocycles. The predicted molar refractivity (Wildman–Crippen MR) is 97.6 cm³/mol. The number of hydrogen-bond acceptors (Lipinski definition) is 7. The summed E-state index contributed by atoms with van der Waals surface area (Å²) in [5, 5.41) is 17.0. The van der Waals surface area contributed by atoms with Crippen LogP contribution in [-0.4, -0.2) is 45.8 Å². The predicted octanol–water partition coefficient (Wildman–Crippen LogP) is 3.32. The quantitative estimate of drug-likeness (QED) is 0.457. The van der Waals surface area contributed by atoms with Gasteiger partial charge in [0.05, 0.1) is 11.6 Å². The molecule has 0 atom stereocenters. The molecule has 1 fully saturated rings. The Hall–Kier alpha value is -1.55. The molecule has 2 aromatic rings. The van der Waals surface area contributed by atoms with E-state index in [0.29, 0.717) is 30.5 Å². The Morgan fingerprint density at radius 3 is 2.67 bits per heavy atom. The van der Waals surface area contributed by atoms with Crippen molar-refractivity contribution in [3.05, 3.63) is 42.3 Å². The largest absolute Gasteiger partial charge is 0.363 e. The Morgan fingerprint density at radius 1 is 1.38 bits per heavy atom. The average molecular weight is 386 g/mol. The first-order valence-electron chi connectivity index (χ1n) is 7.40. The lowest BCUT2D eigenvalue weighted by Gasteiger charge is -2.35. The van der Waals surface area contributed by atoms with Gasteiger partial charge in [-0.3, -0.25) is 15.0 Å². The third-order valence-electron chi connectivity index (χ3n) is 3.89. The number of rotatable bonds is 4. The van der Waals surface area contributed by atoms with Crippen molar-refractivity contribution in [1.29, 1.82) is 0 Å². The molecule has 2 heterocycles. The number of piperazine rings is 1. The molecule has 3 rings (SSSR count). The van der Waals surface area contributed by atoms with E-state index in [1.165, 1.54) is 17.4 Å². The Labute approximate surface area is 153 Å². The number of benzene rings is 1. The Kier molecular flexibility index (Phi) is 5.14. The third kappa shape index (κ3) is 3.75. The van der Waals surface area contributed by atoms with Crippen LogP contribution in [0.25, 0.3) is 0 Å². The van der Waals surface area contributed by atoms with Crippen molar-refractivity contribution in [3.63, 3.8) is 0 Å². The molecular formula is C14H16ClN5O2S2. The molecule has 1 aliphatic heterocycles. The zero-order valence-electron chi connectivity index (χ0n) is 13.0. The number of halogens is 1. The van der Waals surface area contributed by atoms with Crippen molar-refractivity contribution in [1.82, 2.24) is 14.7 Å². The summed E-state index contributed by atoms with van der Waals surface area (Å²) in [5.41, 5.74) is 0.665. The third-order valence-corrected chi connectivity index (χ3v) is 5.35. The van der Waals surface area contributed by atoms with E-state index in [-0.39, 0.29) is 10.6 Å². The summed E-state index contributed by atoms with van der Waals surface area (Å²) in [7, 11) is 0. The molecule has 0 saturated carbocycles.